The summed E-state index contributed by atoms with van der Waals surface area (Å²) in [4.78, 5) is 58.9. The van der Waals surface area contributed by atoms with Gasteiger partial charge >= 0.3 is 29.8 Å². The number of carbonyl (C=O) groups is 5. The van der Waals surface area contributed by atoms with Crippen molar-refractivity contribution >= 4 is 29.8 Å². The monoisotopic (exact) mass is 460 g/mol. The Kier molecular flexibility index (Phi) is 11.3. The van der Waals surface area contributed by atoms with E-state index in [0.717, 1.165) is 19.3 Å². The average Bonchev–Trinajstić information content (AvgIpc) is 2.79. The van der Waals surface area contributed by atoms with Crippen molar-refractivity contribution in [3.8, 4) is 0 Å². The molecule has 0 radical (unpaired) electrons. The number of hydrogen-bond donors (Lipinski definition) is 1. The smallest absolute Gasteiger partial charge is 0.333 e. The second-order valence-corrected chi connectivity index (χ2v) is 6.65. The van der Waals surface area contributed by atoms with Crippen molar-refractivity contribution in [2.24, 2.45) is 0 Å². The van der Waals surface area contributed by atoms with E-state index < -0.39 is 60.5 Å². The van der Waals surface area contributed by atoms with Crippen LogP contribution in [0.1, 0.15) is 40.0 Å². The molecule has 0 aromatic heterocycles. The first-order valence-corrected chi connectivity index (χ1v) is 10.2. The third-order valence-corrected chi connectivity index (χ3v) is 4.37. The van der Waals surface area contributed by atoms with Gasteiger partial charge < -0.3 is 34.2 Å². The lowest BCUT2D eigenvalue weighted by Crippen LogP contribution is -2.79. The first-order valence-electron chi connectivity index (χ1n) is 10.2. The van der Waals surface area contributed by atoms with Crippen LogP contribution in [-0.4, -0.2) is 74.2 Å². The lowest BCUT2D eigenvalue weighted by atomic mass is 9.97. The number of ether oxygens (including phenoxy) is 6. The first kappa shape index (κ1) is 27.0. The van der Waals surface area contributed by atoms with Gasteiger partial charge in [0.1, 0.15) is 12.7 Å². The molecule has 1 saturated heterocycles. The van der Waals surface area contributed by atoms with Gasteiger partial charge in [0.15, 0.2) is 18.2 Å². The van der Waals surface area contributed by atoms with Gasteiger partial charge in [0.25, 0.3) is 6.29 Å². The van der Waals surface area contributed by atoms with E-state index in [2.05, 4.69) is 10.5 Å². The molecule has 0 aliphatic carbocycles. The molecule has 12 nitrogen and oxygen atoms in total. The molecule has 0 unspecified atom stereocenters. The van der Waals surface area contributed by atoms with Gasteiger partial charge in [-0.3, -0.25) is 14.4 Å². The van der Waals surface area contributed by atoms with E-state index in [0.29, 0.717) is 0 Å². The van der Waals surface area contributed by atoms with Gasteiger partial charge in [-0.2, -0.15) is 0 Å². The lowest BCUT2D eigenvalue weighted by molar-refractivity contribution is -0.496. The molecular weight excluding hydrogens is 430 g/mol. The average molecular weight is 460 g/mol. The minimum Gasteiger partial charge on any atom is -0.466 e. The van der Waals surface area contributed by atoms with Crippen LogP contribution in [0.2, 0.25) is 0 Å². The maximum absolute atomic E-state index is 12.1. The fourth-order valence-corrected chi connectivity index (χ4v) is 2.61. The fourth-order valence-electron chi connectivity index (χ4n) is 2.61. The van der Waals surface area contributed by atoms with Crippen LogP contribution in [0.5, 0.6) is 0 Å². The molecule has 0 bridgehead atoms. The molecule has 1 fully saturated rings. The summed E-state index contributed by atoms with van der Waals surface area (Å²) in [5, 5.41) is 0. The summed E-state index contributed by atoms with van der Waals surface area (Å²) in [5.41, 5.74) is 3.85. The predicted octanol–water partition coefficient (Wildman–Crippen LogP) is -0.809. The Balaban J connectivity index is 3.16. The first-order chi connectivity index (χ1) is 15.2. The minimum atomic E-state index is -1.36. The third kappa shape index (κ3) is 8.27. The van der Waals surface area contributed by atoms with E-state index in [1.54, 1.807) is 20.8 Å². The number of quaternary nitrogens is 1. The Morgan fingerprint density at radius 1 is 0.812 bits per heavy atom. The molecule has 5 atom stereocenters. The van der Waals surface area contributed by atoms with Crippen molar-refractivity contribution in [1.82, 2.24) is 0 Å². The zero-order chi connectivity index (χ0) is 24.3. The summed E-state index contributed by atoms with van der Waals surface area (Å²) in [6.45, 7) is 4.38. The molecule has 0 saturated carbocycles. The van der Waals surface area contributed by atoms with Gasteiger partial charge in [0.05, 0.1) is 7.11 Å². The molecule has 1 aliphatic rings. The Hall–Kier alpha value is -2.99. The van der Waals surface area contributed by atoms with Crippen LogP contribution >= 0.6 is 0 Å². The molecule has 0 aromatic carbocycles. The molecule has 0 aromatic rings. The van der Waals surface area contributed by atoms with Crippen LogP contribution in [0.4, 0.5) is 0 Å². The maximum Gasteiger partial charge on any atom is 0.333 e. The van der Waals surface area contributed by atoms with Crippen LogP contribution in [0, 0.1) is 0 Å². The number of carbonyl (C=O) groups excluding carboxylic acids is 5. The molecule has 180 valence electrons. The Morgan fingerprint density at radius 2 is 1.34 bits per heavy atom. The highest BCUT2D eigenvalue weighted by molar-refractivity contribution is 5.91. The zero-order valence-corrected chi connectivity index (χ0v) is 18.6. The van der Waals surface area contributed by atoms with E-state index in [1.165, 1.54) is 0 Å². The Labute approximate surface area is 185 Å². The molecule has 0 spiro atoms. The second kappa shape index (κ2) is 13.4. The van der Waals surface area contributed by atoms with Gasteiger partial charge in [-0.1, -0.05) is 20.8 Å². The summed E-state index contributed by atoms with van der Waals surface area (Å²) in [6, 6.07) is -1.01. The van der Waals surface area contributed by atoms with E-state index in [9.17, 15) is 24.0 Å². The standard InChI is InChI=1S/C20H29NO11/c1-5-12(22)28-10-11-18(30-13(23)6-2)19(31-14(24)7-3)17(21)20(29-11)32-16(26)9-8-15(25)27-4/h8-9,11,17-20H,5-7,10,21H2,1-4H3/p+1/b9-8+/t11-,17-,18-,19-,20+/m1/s1. The van der Waals surface area contributed by atoms with E-state index >= 15 is 0 Å². The van der Waals surface area contributed by atoms with Gasteiger partial charge in [-0.25, -0.2) is 9.59 Å². The van der Waals surface area contributed by atoms with Crippen molar-refractivity contribution in [2.75, 3.05) is 13.7 Å². The van der Waals surface area contributed by atoms with Gasteiger partial charge in [-0.05, 0) is 0 Å². The Morgan fingerprint density at radius 3 is 1.88 bits per heavy atom. The van der Waals surface area contributed by atoms with Gasteiger partial charge in [-0.15, -0.1) is 0 Å². The molecular formula is C20H30NO11+. The van der Waals surface area contributed by atoms with Crippen molar-refractivity contribution in [3.63, 3.8) is 0 Å². The molecule has 1 rings (SSSR count). The van der Waals surface area contributed by atoms with Crippen LogP contribution in [0.3, 0.4) is 0 Å². The van der Waals surface area contributed by atoms with Crippen LogP contribution in [-0.2, 0) is 52.4 Å². The normalized spacial score (nSPS) is 25.0. The van der Waals surface area contributed by atoms with E-state index in [1.807, 2.05) is 0 Å². The number of rotatable bonds is 10. The minimum absolute atomic E-state index is 0.0281. The molecule has 0 amide bonds. The number of methoxy groups -OCH3 is 1. The molecule has 1 aliphatic heterocycles. The van der Waals surface area contributed by atoms with Crippen LogP contribution in [0.15, 0.2) is 12.2 Å². The topological polar surface area (TPSA) is 168 Å². The highest BCUT2D eigenvalue weighted by Crippen LogP contribution is 2.26. The van der Waals surface area contributed by atoms with E-state index in [4.69, 9.17) is 23.7 Å². The highest BCUT2D eigenvalue weighted by Gasteiger charge is 2.52. The molecule has 3 N–H and O–H groups in total. The van der Waals surface area contributed by atoms with Crippen molar-refractivity contribution in [1.29, 1.82) is 0 Å². The van der Waals surface area contributed by atoms with Crippen LogP contribution in [0.25, 0.3) is 0 Å². The summed E-state index contributed by atoms with van der Waals surface area (Å²) >= 11 is 0. The Bertz CT molecular complexity index is 720. The third-order valence-electron chi connectivity index (χ3n) is 4.37. The summed E-state index contributed by atoms with van der Waals surface area (Å²) in [6.07, 6.45) is -2.96. The maximum atomic E-state index is 12.1. The summed E-state index contributed by atoms with van der Waals surface area (Å²) in [7, 11) is 1.14. The summed E-state index contributed by atoms with van der Waals surface area (Å²) in [5.74, 6) is -3.48. The number of esters is 5. The fraction of sp³-hybridized carbons (Fsp3) is 0.650. The zero-order valence-electron chi connectivity index (χ0n) is 18.6. The SMILES string of the molecule is CCC(=O)OC[C@H]1O[C@@H](OC(=O)/C=C/C(=O)OC)[C@H]([NH3+])[C@@H](OC(=O)CC)[C@@H]1OC(=O)CC. The molecule has 32 heavy (non-hydrogen) atoms. The molecule has 12 heteroatoms. The summed E-state index contributed by atoms with van der Waals surface area (Å²) < 4.78 is 31.2. The largest absolute Gasteiger partial charge is 0.466 e. The number of hydrogen-bond acceptors (Lipinski definition) is 11. The van der Waals surface area contributed by atoms with Crippen molar-refractivity contribution < 1.29 is 58.1 Å². The predicted molar refractivity (Wildman–Crippen MR) is 104 cm³/mol. The van der Waals surface area contributed by atoms with Crippen molar-refractivity contribution in [2.45, 2.75) is 70.7 Å². The van der Waals surface area contributed by atoms with Gasteiger partial charge in [0.2, 0.25) is 0 Å². The van der Waals surface area contributed by atoms with Crippen molar-refractivity contribution in [3.05, 3.63) is 12.2 Å². The van der Waals surface area contributed by atoms with Crippen LogP contribution < -0.4 is 5.73 Å². The van der Waals surface area contributed by atoms with Gasteiger partial charge in [0, 0.05) is 31.4 Å². The quantitative estimate of drug-likeness (QED) is 0.246. The molecule has 1 heterocycles. The van der Waals surface area contributed by atoms with E-state index in [-0.39, 0.29) is 25.9 Å². The second-order valence-electron chi connectivity index (χ2n) is 6.65. The lowest BCUT2D eigenvalue weighted by Gasteiger charge is -2.41. The highest BCUT2D eigenvalue weighted by atomic mass is 16.7.